The maximum absolute atomic E-state index is 12.0. The van der Waals surface area contributed by atoms with E-state index in [4.69, 9.17) is 6.42 Å². The fourth-order valence-electron chi connectivity index (χ4n) is 1.40. The Labute approximate surface area is 96.9 Å². The fraction of sp³-hybridized carbons (Fsp3) is 0.333. The largest absolute Gasteiger partial charge is 0.241 e. The van der Waals surface area contributed by atoms with Gasteiger partial charge in [0.05, 0.1) is 4.90 Å². The molecule has 1 unspecified atom stereocenters. The molecule has 0 amide bonds. The molecule has 0 fully saturated rings. The summed E-state index contributed by atoms with van der Waals surface area (Å²) < 4.78 is 26.5. The second kappa shape index (κ2) is 5.15. The smallest absolute Gasteiger partial charge is 0.207 e. The highest BCUT2D eigenvalue weighted by atomic mass is 32.2. The lowest BCUT2D eigenvalue weighted by Gasteiger charge is -2.13. The molecular weight excluding hydrogens is 222 g/mol. The third kappa shape index (κ3) is 3.09. The van der Waals surface area contributed by atoms with Crippen LogP contribution in [-0.2, 0) is 10.0 Å². The number of terminal acetylenes is 1. The van der Waals surface area contributed by atoms with Crippen LogP contribution in [0.15, 0.2) is 29.2 Å². The Hall–Kier alpha value is -1.31. The van der Waals surface area contributed by atoms with Gasteiger partial charge < -0.3 is 0 Å². The van der Waals surface area contributed by atoms with Gasteiger partial charge in [-0.25, -0.2) is 13.1 Å². The molecule has 0 saturated heterocycles. The van der Waals surface area contributed by atoms with E-state index < -0.39 is 10.0 Å². The molecule has 0 saturated carbocycles. The molecule has 0 aliphatic heterocycles. The van der Waals surface area contributed by atoms with Gasteiger partial charge in [0.2, 0.25) is 10.0 Å². The lowest BCUT2D eigenvalue weighted by atomic mass is 10.2. The Kier molecular flexibility index (Phi) is 4.11. The molecule has 1 aromatic rings. The van der Waals surface area contributed by atoms with Crippen LogP contribution in [0.5, 0.6) is 0 Å². The van der Waals surface area contributed by atoms with Gasteiger partial charge in [0.25, 0.3) is 0 Å². The number of hydrogen-bond donors (Lipinski definition) is 1. The number of rotatable bonds is 4. The summed E-state index contributed by atoms with van der Waals surface area (Å²) in [7, 11) is -3.46. The first-order valence-electron chi connectivity index (χ1n) is 4.99. The van der Waals surface area contributed by atoms with Crippen molar-refractivity contribution in [3.8, 4) is 12.3 Å². The molecule has 1 rings (SSSR count). The van der Waals surface area contributed by atoms with E-state index in [-0.39, 0.29) is 6.04 Å². The van der Waals surface area contributed by atoms with Crippen molar-refractivity contribution in [2.45, 2.75) is 31.2 Å². The Morgan fingerprint density at radius 1 is 1.44 bits per heavy atom. The molecule has 0 spiro atoms. The van der Waals surface area contributed by atoms with Crippen molar-refractivity contribution in [1.82, 2.24) is 4.72 Å². The number of sulfonamides is 1. The Bertz CT molecular complexity index is 500. The Balaban J connectivity index is 2.96. The molecule has 4 heteroatoms. The first-order chi connectivity index (χ1) is 7.47. The summed E-state index contributed by atoms with van der Waals surface area (Å²) in [6, 6.07) is 6.60. The first-order valence-corrected chi connectivity index (χ1v) is 6.47. The Morgan fingerprint density at radius 2 is 2.06 bits per heavy atom. The molecule has 0 radical (unpaired) electrons. The van der Waals surface area contributed by atoms with E-state index in [2.05, 4.69) is 10.6 Å². The van der Waals surface area contributed by atoms with E-state index in [9.17, 15) is 8.42 Å². The van der Waals surface area contributed by atoms with Gasteiger partial charge in [0.1, 0.15) is 0 Å². The van der Waals surface area contributed by atoms with Crippen LogP contribution in [-0.4, -0.2) is 14.5 Å². The topological polar surface area (TPSA) is 46.2 Å². The van der Waals surface area contributed by atoms with E-state index in [1.54, 1.807) is 38.1 Å². The fourth-order valence-corrected chi connectivity index (χ4v) is 2.89. The average Bonchev–Trinajstić information content (AvgIpc) is 2.17. The molecule has 16 heavy (non-hydrogen) atoms. The molecule has 3 nitrogen and oxygen atoms in total. The van der Waals surface area contributed by atoms with Crippen molar-refractivity contribution < 1.29 is 8.42 Å². The lowest BCUT2D eigenvalue weighted by molar-refractivity contribution is 0.563. The quantitative estimate of drug-likeness (QED) is 0.810. The van der Waals surface area contributed by atoms with Crippen molar-refractivity contribution in [2.75, 3.05) is 0 Å². The maximum Gasteiger partial charge on any atom is 0.241 e. The molecule has 1 atom stereocenters. The minimum absolute atomic E-state index is 0.255. The highest BCUT2D eigenvalue weighted by Gasteiger charge is 2.18. The van der Waals surface area contributed by atoms with E-state index in [1.807, 2.05) is 0 Å². The van der Waals surface area contributed by atoms with Crippen LogP contribution in [0.3, 0.4) is 0 Å². The van der Waals surface area contributed by atoms with Crippen LogP contribution in [0.2, 0.25) is 0 Å². The van der Waals surface area contributed by atoms with E-state index in [0.717, 1.165) is 5.56 Å². The number of aryl methyl sites for hydroxylation is 1. The third-order valence-corrected chi connectivity index (χ3v) is 3.91. The van der Waals surface area contributed by atoms with Gasteiger partial charge in [0.15, 0.2) is 0 Å². The minimum atomic E-state index is -3.46. The lowest BCUT2D eigenvalue weighted by Crippen LogP contribution is -2.32. The zero-order chi connectivity index (χ0) is 12.2. The summed E-state index contributed by atoms with van der Waals surface area (Å²) in [5.74, 6) is 2.43. The normalized spacial score (nSPS) is 13.1. The van der Waals surface area contributed by atoms with Gasteiger partial charge in [0, 0.05) is 12.5 Å². The van der Waals surface area contributed by atoms with E-state index in [1.165, 1.54) is 0 Å². The van der Waals surface area contributed by atoms with Crippen molar-refractivity contribution >= 4 is 10.0 Å². The molecule has 0 aliphatic carbocycles. The van der Waals surface area contributed by atoms with Crippen molar-refractivity contribution in [3.63, 3.8) is 0 Å². The standard InChI is InChI=1S/C12H15NO2S/c1-4-7-11(3)13-16(14,15)12-9-6-5-8-10(12)2/h1,5-6,8-9,11,13H,7H2,2-3H3. The third-order valence-electron chi connectivity index (χ3n) is 2.16. The van der Waals surface area contributed by atoms with Crippen molar-refractivity contribution in [1.29, 1.82) is 0 Å². The van der Waals surface area contributed by atoms with Crippen LogP contribution < -0.4 is 4.72 Å². The predicted octanol–water partition coefficient (Wildman–Crippen LogP) is 1.69. The summed E-state index contributed by atoms with van der Waals surface area (Å²) in [5, 5.41) is 0. The average molecular weight is 237 g/mol. The minimum Gasteiger partial charge on any atom is -0.207 e. The van der Waals surface area contributed by atoms with Gasteiger partial charge in [-0.05, 0) is 25.5 Å². The highest BCUT2D eigenvalue weighted by Crippen LogP contribution is 2.14. The van der Waals surface area contributed by atoms with Gasteiger partial charge >= 0.3 is 0 Å². The molecule has 0 heterocycles. The molecule has 1 aromatic carbocycles. The summed E-state index contributed by atoms with van der Waals surface area (Å²) in [6.45, 7) is 3.51. The molecule has 1 N–H and O–H groups in total. The van der Waals surface area contributed by atoms with Crippen LogP contribution in [0.25, 0.3) is 0 Å². The van der Waals surface area contributed by atoms with Gasteiger partial charge in [-0.15, -0.1) is 12.3 Å². The van der Waals surface area contributed by atoms with E-state index in [0.29, 0.717) is 11.3 Å². The molecular formula is C12H15NO2S. The second-order valence-corrected chi connectivity index (χ2v) is 5.38. The van der Waals surface area contributed by atoms with Gasteiger partial charge in [-0.3, -0.25) is 0 Å². The second-order valence-electron chi connectivity index (χ2n) is 3.70. The van der Waals surface area contributed by atoms with Crippen molar-refractivity contribution in [2.24, 2.45) is 0 Å². The summed E-state index contributed by atoms with van der Waals surface area (Å²) >= 11 is 0. The SMILES string of the molecule is C#CCC(C)NS(=O)(=O)c1ccccc1C. The molecule has 86 valence electrons. The van der Waals surface area contributed by atoms with Crippen molar-refractivity contribution in [3.05, 3.63) is 29.8 Å². The first kappa shape index (κ1) is 12.8. The zero-order valence-electron chi connectivity index (χ0n) is 9.40. The maximum atomic E-state index is 12.0. The number of nitrogens with one attached hydrogen (secondary N) is 1. The van der Waals surface area contributed by atoms with Crippen LogP contribution in [0.4, 0.5) is 0 Å². The monoisotopic (exact) mass is 237 g/mol. The van der Waals surface area contributed by atoms with Gasteiger partial charge in [-0.2, -0.15) is 0 Å². The van der Waals surface area contributed by atoms with E-state index >= 15 is 0 Å². The number of benzene rings is 1. The van der Waals surface area contributed by atoms with Crippen LogP contribution >= 0.6 is 0 Å². The molecule has 0 bridgehead atoms. The van der Waals surface area contributed by atoms with Gasteiger partial charge in [-0.1, -0.05) is 18.2 Å². The van der Waals surface area contributed by atoms with Crippen LogP contribution in [0, 0.1) is 19.3 Å². The number of hydrogen-bond acceptors (Lipinski definition) is 2. The zero-order valence-corrected chi connectivity index (χ0v) is 10.2. The molecule has 0 aliphatic rings. The Morgan fingerprint density at radius 3 is 2.62 bits per heavy atom. The summed E-state index contributed by atoms with van der Waals surface area (Å²) in [5.41, 5.74) is 0.725. The highest BCUT2D eigenvalue weighted by molar-refractivity contribution is 7.89. The summed E-state index contributed by atoms with van der Waals surface area (Å²) in [4.78, 5) is 0.305. The predicted molar refractivity (Wildman–Crippen MR) is 64.4 cm³/mol. The summed E-state index contributed by atoms with van der Waals surface area (Å²) in [6.07, 6.45) is 5.51. The molecule has 0 aromatic heterocycles. The van der Waals surface area contributed by atoms with Crippen LogP contribution in [0.1, 0.15) is 18.9 Å².